The molecule has 0 saturated carbocycles. The molecule has 0 unspecified atom stereocenters. The highest BCUT2D eigenvalue weighted by Gasteiger charge is 2.15. The molecule has 0 saturated heterocycles. The van der Waals surface area contributed by atoms with Crippen LogP contribution in [0.1, 0.15) is 17.2 Å². The molecule has 13 heteroatoms. The molecule has 0 aliphatic carbocycles. The number of anilines is 1. The van der Waals surface area contributed by atoms with E-state index in [9.17, 15) is 19.2 Å². The summed E-state index contributed by atoms with van der Waals surface area (Å²) in [7, 11) is 0. The van der Waals surface area contributed by atoms with Gasteiger partial charge < -0.3 is 20.4 Å². The van der Waals surface area contributed by atoms with Crippen molar-refractivity contribution in [2.75, 3.05) is 5.32 Å². The quantitative estimate of drug-likeness (QED) is 0.214. The lowest BCUT2D eigenvalue weighted by molar-refractivity contribution is -0.139. The second-order valence-electron chi connectivity index (χ2n) is 6.77. The lowest BCUT2D eigenvalue weighted by Crippen LogP contribution is -2.37. The predicted molar refractivity (Wildman–Crippen MR) is 127 cm³/mol. The molecule has 0 aliphatic heterocycles. The van der Waals surface area contributed by atoms with Crippen molar-refractivity contribution in [2.45, 2.75) is 13.1 Å². The number of hydrazone groups is 1. The number of nitrogens with zero attached hydrogens (tertiary/aromatic N) is 2. The predicted octanol–water partition coefficient (Wildman–Crippen LogP) is 2.00. The van der Waals surface area contributed by atoms with E-state index in [1.165, 1.54) is 30.5 Å². The summed E-state index contributed by atoms with van der Waals surface area (Å²) < 4.78 is 5.42. The molecular weight excluding hydrogens is 499 g/mol. The summed E-state index contributed by atoms with van der Waals surface area (Å²) in [5, 5.41) is 11.4. The van der Waals surface area contributed by atoms with Gasteiger partial charge in [0.1, 0.15) is 11.5 Å². The fraction of sp³-hybridized carbons (Fsp3) is 0.0909. The molecule has 3 rings (SSSR count). The van der Waals surface area contributed by atoms with Crippen LogP contribution in [0.4, 0.5) is 5.69 Å². The maximum absolute atomic E-state index is 12.0. The Balaban J connectivity index is 1.41. The first-order valence-electron chi connectivity index (χ1n) is 9.96. The molecule has 1 aromatic carbocycles. The summed E-state index contributed by atoms with van der Waals surface area (Å²) in [5.74, 6) is -3.09. The van der Waals surface area contributed by atoms with Gasteiger partial charge >= 0.3 is 23.6 Å². The summed E-state index contributed by atoms with van der Waals surface area (Å²) in [6.45, 7) is 0.0132. The first kappa shape index (κ1) is 25.4. The SMILES string of the molecule is O=C(NCc1ccccn1)C(=O)N/N=C/c1ccc(CNC(=O)C(=O)Nc2ccc(Cl)c(Cl)c2)o1. The van der Waals surface area contributed by atoms with E-state index in [0.717, 1.165) is 0 Å². The van der Waals surface area contributed by atoms with Crippen molar-refractivity contribution >= 4 is 58.7 Å². The molecule has 0 radical (unpaired) electrons. The number of aromatic nitrogens is 1. The number of hydrogen-bond acceptors (Lipinski definition) is 7. The van der Waals surface area contributed by atoms with Gasteiger partial charge in [0, 0.05) is 11.9 Å². The maximum Gasteiger partial charge on any atom is 0.329 e. The number of benzene rings is 1. The summed E-state index contributed by atoms with van der Waals surface area (Å²) in [6.07, 6.45) is 2.74. The Morgan fingerprint density at radius 2 is 1.66 bits per heavy atom. The topological polar surface area (TPSA) is 155 Å². The van der Waals surface area contributed by atoms with Gasteiger partial charge in [0.05, 0.1) is 35.0 Å². The molecule has 0 spiro atoms. The maximum atomic E-state index is 12.0. The second-order valence-corrected chi connectivity index (χ2v) is 7.59. The molecule has 3 aromatic rings. The number of rotatable bonds is 7. The molecule has 2 aromatic heterocycles. The first-order chi connectivity index (χ1) is 16.8. The third-order valence-electron chi connectivity index (χ3n) is 4.21. The third-order valence-corrected chi connectivity index (χ3v) is 4.95. The van der Waals surface area contributed by atoms with E-state index in [4.69, 9.17) is 27.6 Å². The number of pyridine rings is 1. The minimum Gasteiger partial charge on any atom is -0.458 e. The van der Waals surface area contributed by atoms with Crippen LogP contribution in [0.15, 0.2) is 64.2 Å². The van der Waals surface area contributed by atoms with E-state index in [-0.39, 0.29) is 23.9 Å². The van der Waals surface area contributed by atoms with Crippen molar-refractivity contribution in [2.24, 2.45) is 5.10 Å². The van der Waals surface area contributed by atoms with Crippen LogP contribution in [-0.2, 0) is 32.3 Å². The average Bonchev–Trinajstić information content (AvgIpc) is 3.31. The number of hydrogen-bond donors (Lipinski definition) is 4. The van der Waals surface area contributed by atoms with Gasteiger partial charge in [-0.3, -0.25) is 24.2 Å². The molecule has 0 bridgehead atoms. The molecule has 2 heterocycles. The summed E-state index contributed by atoms with van der Waals surface area (Å²) in [6, 6.07) is 12.7. The van der Waals surface area contributed by atoms with Crippen LogP contribution in [0.3, 0.4) is 0 Å². The van der Waals surface area contributed by atoms with Crippen molar-refractivity contribution in [3.8, 4) is 0 Å². The Labute approximate surface area is 208 Å². The Morgan fingerprint density at radius 3 is 2.40 bits per heavy atom. The van der Waals surface area contributed by atoms with Crippen LogP contribution in [0.5, 0.6) is 0 Å². The lowest BCUT2D eigenvalue weighted by atomic mass is 10.3. The van der Waals surface area contributed by atoms with E-state index < -0.39 is 23.6 Å². The zero-order chi connectivity index (χ0) is 25.2. The summed E-state index contributed by atoms with van der Waals surface area (Å²) >= 11 is 11.7. The van der Waals surface area contributed by atoms with Crippen molar-refractivity contribution in [1.82, 2.24) is 21.0 Å². The zero-order valence-corrected chi connectivity index (χ0v) is 19.4. The molecule has 4 N–H and O–H groups in total. The van der Waals surface area contributed by atoms with E-state index >= 15 is 0 Å². The highest BCUT2D eigenvalue weighted by Crippen LogP contribution is 2.24. The van der Waals surface area contributed by atoms with Crippen LogP contribution in [0, 0.1) is 0 Å². The van der Waals surface area contributed by atoms with Gasteiger partial charge in [0.15, 0.2) is 0 Å². The minimum atomic E-state index is -0.968. The van der Waals surface area contributed by atoms with Gasteiger partial charge in [-0.05, 0) is 42.5 Å². The Morgan fingerprint density at radius 1 is 0.886 bits per heavy atom. The number of nitrogens with one attached hydrogen (secondary N) is 4. The van der Waals surface area contributed by atoms with E-state index in [0.29, 0.717) is 22.2 Å². The van der Waals surface area contributed by atoms with Crippen LogP contribution < -0.4 is 21.4 Å². The van der Waals surface area contributed by atoms with Gasteiger partial charge in [-0.1, -0.05) is 29.3 Å². The van der Waals surface area contributed by atoms with Crippen LogP contribution in [-0.4, -0.2) is 34.8 Å². The molecular formula is C22H18Cl2N6O5. The highest BCUT2D eigenvalue weighted by atomic mass is 35.5. The zero-order valence-electron chi connectivity index (χ0n) is 17.9. The number of amides is 4. The number of furan rings is 1. The standard InChI is InChI=1S/C22H18Cl2N6O5/c23-17-7-4-13(9-18(17)24)29-21(33)19(31)27-11-15-5-6-16(35-15)12-28-30-22(34)20(32)26-10-14-3-1-2-8-25-14/h1-9,12H,10-11H2,(H,26,32)(H,27,31)(H,29,33)(H,30,34)/b28-12+. The van der Waals surface area contributed by atoms with Crippen molar-refractivity contribution < 1.29 is 23.6 Å². The Kier molecular flexibility index (Phi) is 8.93. The average molecular weight is 517 g/mol. The third kappa shape index (κ3) is 7.95. The van der Waals surface area contributed by atoms with Crippen LogP contribution in [0.2, 0.25) is 10.0 Å². The molecule has 0 aliphatic rings. The molecule has 0 fully saturated rings. The summed E-state index contributed by atoms with van der Waals surface area (Å²) in [4.78, 5) is 51.6. The normalized spacial score (nSPS) is 10.6. The van der Waals surface area contributed by atoms with Gasteiger partial charge in [-0.2, -0.15) is 5.10 Å². The highest BCUT2D eigenvalue weighted by molar-refractivity contribution is 6.43. The van der Waals surface area contributed by atoms with Gasteiger partial charge in [0.2, 0.25) is 0 Å². The fourth-order valence-corrected chi connectivity index (χ4v) is 2.83. The van der Waals surface area contributed by atoms with Crippen LogP contribution >= 0.6 is 23.2 Å². The van der Waals surface area contributed by atoms with Gasteiger partial charge in [0.25, 0.3) is 0 Å². The second kappa shape index (κ2) is 12.3. The lowest BCUT2D eigenvalue weighted by Gasteiger charge is -2.06. The van der Waals surface area contributed by atoms with Crippen molar-refractivity contribution in [1.29, 1.82) is 0 Å². The monoisotopic (exact) mass is 516 g/mol. The van der Waals surface area contributed by atoms with Crippen molar-refractivity contribution in [3.63, 3.8) is 0 Å². The number of carbonyl (C=O) groups excluding carboxylic acids is 4. The van der Waals surface area contributed by atoms with E-state index in [2.05, 4.69) is 31.5 Å². The molecule has 35 heavy (non-hydrogen) atoms. The summed E-state index contributed by atoms with van der Waals surface area (Å²) in [5.41, 5.74) is 2.98. The fourth-order valence-electron chi connectivity index (χ4n) is 2.53. The molecule has 180 valence electrons. The smallest absolute Gasteiger partial charge is 0.329 e. The molecule has 0 atom stereocenters. The minimum absolute atomic E-state index is 0.0796. The van der Waals surface area contributed by atoms with Crippen molar-refractivity contribution in [3.05, 3.63) is 82.0 Å². The van der Waals surface area contributed by atoms with Gasteiger partial charge in [-0.15, -0.1) is 0 Å². The number of halogens is 2. The van der Waals surface area contributed by atoms with Crippen LogP contribution in [0.25, 0.3) is 0 Å². The number of carbonyl (C=O) groups is 4. The molecule has 4 amide bonds. The van der Waals surface area contributed by atoms with Gasteiger partial charge in [-0.25, -0.2) is 5.43 Å². The Bertz CT molecular complexity index is 1260. The first-order valence-corrected chi connectivity index (χ1v) is 10.7. The van der Waals surface area contributed by atoms with E-state index in [1.807, 2.05) is 0 Å². The van der Waals surface area contributed by atoms with E-state index in [1.54, 1.807) is 30.5 Å². The largest absolute Gasteiger partial charge is 0.458 e. The molecule has 11 nitrogen and oxygen atoms in total. The Hall–Kier alpha value is -4.22.